The first-order valence-corrected chi connectivity index (χ1v) is 9.05. The van der Waals surface area contributed by atoms with Crippen molar-refractivity contribution in [1.82, 2.24) is 15.0 Å². The highest BCUT2D eigenvalue weighted by atomic mass is 35.5. The minimum absolute atomic E-state index is 0.0521. The summed E-state index contributed by atoms with van der Waals surface area (Å²) in [6, 6.07) is -1.86. The minimum Gasteiger partial charge on any atom is -0.480 e. The molecule has 1 heterocycles. The topological polar surface area (TPSA) is 189 Å². The van der Waals surface area contributed by atoms with Gasteiger partial charge in [0, 0.05) is 0 Å². The molecule has 0 aliphatic rings. The van der Waals surface area contributed by atoms with Crippen LogP contribution in [0.25, 0.3) is 0 Å². The zero-order valence-electron chi connectivity index (χ0n) is 14.9. The van der Waals surface area contributed by atoms with E-state index < -0.39 is 24.0 Å². The average molecular weight is 404 g/mol. The first-order chi connectivity index (χ1) is 12.9. The predicted octanol–water partition coefficient (Wildman–Crippen LogP) is 0.513. The maximum Gasteiger partial charge on any atom is 0.326 e. The third-order valence-corrected chi connectivity index (χ3v) is 3.87. The molecule has 0 aromatic carbocycles. The van der Waals surface area contributed by atoms with Crippen molar-refractivity contribution in [3.8, 4) is 0 Å². The molecule has 0 fully saturated rings. The van der Waals surface area contributed by atoms with Gasteiger partial charge < -0.3 is 32.3 Å². The van der Waals surface area contributed by atoms with E-state index in [0.717, 1.165) is 0 Å². The molecule has 0 aliphatic heterocycles. The number of hydrogen-bond acceptors (Lipinski definition) is 9. The Hall–Kier alpha value is -2.24. The van der Waals surface area contributed by atoms with Gasteiger partial charge in [-0.2, -0.15) is 15.0 Å². The molecule has 1 rings (SSSR count). The van der Waals surface area contributed by atoms with E-state index in [1.807, 2.05) is 0 Å². The largest absolute Gasteiger partial charge is 0.480 e. The second-order valence-corrected chi connectivity index (χ2v) is 6.23. The van der Waals surface area contributed by atoms with E-state index in [4.69, 9.17) is 23.1 Å². The number of rotatable bonds is 14. The molecule has 2 atom stereocenters. The lowest BCUT2D eigenvalue weighted by molar-refractivity contribution is -0.139. The fourth-order valence-electron chi connectivity index (χ4n) is 2.29. The van der Waals surface area contributed by atoms with Crippen LogP contribution >= 0.6 is 11.6 Å². The summed E-state index contributed by atoms with van der Waals surface area (Å²) in [5.41, 5.74) is 10.8. The Kier molecular flexibility index (Phi) is 10.3. The highest BCUT2D eigenvalue weighted by Gasteiger charge is 2.21. The van der Waals surface area contributed by atoms with Gasteiger partial charge in [-0.1, -0.05) is 0 Å². The highest BCUT2D eigenvalue weighted by molar-refractivity contribution is 6.28. The standard InChI is InChI=1S/C15H26ClN7O4/c16-13-21-14(19-9(11(24)25)5-1-3-7-17)23-15(22-13)20-10(12(26)27)6-2-4-8-18/h9-10H,1-8,17-18H2,(H,24,25)(H,26,27)(H2,19,20,21,22,23). The highest BCUT2D eigenvalue weighted by Crippen LogP contribution is 2.15. The van der Waals surface area contributed by atoms with Gasteiger partial charge in [0.05, 0.1) is 0 Å². The Balaban J connectivity index is 2.84. The van der Waals surface area contributed by atoms with Crippen molar-refractivity contribution >= 4 is 35.4 Å². The summed E-state index contributed by atoms with van der Waals surface area (Å²) in [7, 11) is 0. The molecular formula is C15H26ClN7O4. The summed E-state index contributed by atoms with van der Waals surface area (Å²) in [6.45, 7) is 0.942. The van der Waals surface area contributed by atoms with E-state index in [0.29, 0.717) is 51.6 Å². The molecule has 11 nitrogen and oxygen atoms in total. The van der Waals surface area contributed by atoms with Crippen LogP contribution in [0.2, 0.25) is 5.28 Å². The smallest absolute Gasteiger partial charge is 0.326 e. The van der Waals surface area contributed by atoms with Gasteiger partial charge in [-0.3, -0.25) is 0 Å². The quantitative estimate of drug-likeness (QED) is 0.237. The van der Waals surface area contributed by atoms with Gasteiger partial charge in [0.1, 0.15) is 12.1 Å². The zero-order valence-corrected chi connectivity index (χ0v) is 15.7. The molecule has 1 aromatic heterocycles. The number of nitrogens with two attached hydrogens (primary N) is 2. The van der Waals surface area contributed by atoms with Crippen LogP contribution in [-0.2, 0) is 9.59 Å². The van der Waals surface area contributed by atoms with Crippen LogP contribution < -0.4 is 22.1 Å². The molecule has 0 radical (unpaired) electrons. The number of hydrogen-bond donors (Lipinski definition) is 6. The number of unbranched alkanes of at least 4 members (excludes halogenated alkanes) is 2. The molecule has 0 saturated carbocycles. The molecule has 0 amide bonds. The van der Waals surface area contributed by atoms with Crippen LogP contribution in [0.4, 0.5) is 11.9 Å². The van der Waals surface area contributed by atoms with Crippen molar-refractivity contribution in [3.05, 3.63) is 5.28 Å². The molecule has 2 unspecified atom stereocenters. The molecule has 152 valence electrons. The van der Waals surface area contributed by atoms with E-state index in [2.05, 4.69) is 25.6 Å². The molecule has 0 saturated heterocycles. The Morgan fingerprint density at radius 1 is 0.852 bits per heavy atom. The zero-order chi connectivity index (χ0) is 20.2. The maximum absolute atomic E-state index is 11.4. The summed E-state index contributed by atoms with van der Waals surface area (Å²) in [5.74, 6) is -2.24. The third-order valence-electron chi connectivity index (χ3n) is 3.70. The molecule has 27 heavy (non-hydrogen) atoms. The average Bonchev–Trinajstić information content (AvgIpc) is 2.59. The summed E-state index contributed by atoms with van der Waals surface area (Å²) in [6.07, 6.45) is 3.28. The van der Waals surface area contributed by atoms with Crippen molar-refractivity contribution < 1.29 is 19.8 Å². The van der Waals surface area contributed by atoms with E-state index >= 15 is 0 Å². The lowest BCUT2D eigenvalue weighted by Crippen LogP contribution is -2.32. The minimum atomic E-state index is -1.07. The van der Waals surface area contributed by atoms with Gasteiger partial charge in [-0.05, 0) is 63.2 Å². The van der Waals surface area contributed by atoms with Crippen LogP contribution in [0.5, 0.6) is 0 Å². The second kappa shape index (κ2) is 12.2. The molecule has 0 aliphatic carbocycles. The Morgan fingerprint density at radius 3 is 1.59 bits per heavy atom. The third kappa shape index (κ3) is 8.80. The van der Waals surface area contributed by atoms with E-state index in [1.54, 1.807) is 0 Å². The van der Waals surface area contributed by atoms with Crippen molar-refractivity contribution in [1.29, 1.82) is 0 Å². The number of halogens is 1. The second-order valence-electron chi connectivity index (χ2n) is 5.89. The van der Waals surface area contributed by atoms with Gasteiger partial charge in [0.15, 0.2) is 0 Å². The van der Waals surface area contributed by atoms with Gasteiger partial charge in [0.2, 0.25) is 17.2 Å². The SMILES string of the molecule is NCCCCC(Nc1nc(Cl)nc(NC(CCCCN)C(=O)O)n1)C(=O)O. The van der Waals surface area contributed by atoms with Crippen molar-refractivity contribution in [2.45, 2.75) is 50.6 Å². The fourth-order valence-corrected chi connectivity index (χ4v) is 2.45. The Morgan fingerprint density at radius 2 is 1.26 bits per heavy atom. The number of anilines is 2. The number of nitrogens with zero attached hydrogens (tertiary/aromatic N) is 3. The lowest BCUT2D eigenvalue weighted by atomic mass is 10.1. The van der Waals surface area contributed by atoms with Crippen LogP contribution in [0.15, 0.2) is 0 Å². The molecule has 1 aromatic rings. The molecule has 0 bridgehead atoms. The monoisotopic (exact) mass is 403 g/mol. The first kappa shape index (κ1) is 22.8. The summed E-state index contributed by atoms with van der Waals surface area (Å²) >= 11 is 5.86. The number of carboxylic acid groups (broad SMARTS) is 2. The Bertz CT molecular complexity index is 572. The van der Waals surface area contributed by atoms with Crippen LogP contribution in [-0.4, -0.2) is 62.3 Å². The van der Waals surface area contributed by atoms with Gasteiger partial charge >= 0.3 is 11.9 Å². The van der Waals surface area contributed by atoms with Crippen LogP contribution in [0.1, 0.15) is 38.5 Å². The van der Waals surface area contributed by atoms with Crippen molar-refractivity contribution in [2.75, 3.05) is 23.7 Å². The van der Waals surface area contributed by atoms with E-state index in [1.165, 1.54) is 0 Å². The summed E-state index contributed by atoms with van der Waals surface area (Å²) < 4.78 is 0. The molecular weight excluding hydrogens is 378 g/mol. The Labute approximate surface area is 161 Å². The van der Waals surface area contributed by atoms with Crippen molar-refractivity contribution in [2.24, 2.45) is 11.5 Å². The van der Waals surface area contributed by atoms with E-state index in [9.17, 15) is 19.8 Å². The first-order valence-electron chi connectivity index (χ1n) is 8.67. The molecule has 0 spiro atoms. The predicted molar refractivity (Wildman–Crippen MR) is 101 cm³/mol. The van der Waals surface area contributed by atoms with Crippen molar-refractivity contribution in [3.63, 3.8) is 0 Å². The molecule has 12 heteroatoms. The molecule has 8 N–H and O–H groups in total. The normalized spacial score (nSPS) is 13.0. The lowest BCUT2D eigenvalue weighted by Gasteiger charge is -2.17. The van der Waals surface area contributed by atoms with Crippen LogP contribution in [0, 0.1) is 0 Å². The summed E-state index contributed by atoms with van der Waals surface area (Å²) in [4.78, 5) is 34.5. The maximum atomic E-state index is 11.4. The van der Waals surface area contributed by atoms with Gasteiger partial charge in [0.25, 0.3) is 0 Å². The summed E-state index contributed by atoms with van der Waals surface area (Å²) in [5, 5.41) is 23.8. The fraction of sp³-hybridized carbons (Fsp3) is 0.667. The number of carbonyl (C=O) groups is 2. The van der Waals surface area contributed by atoms with Gasteiger partial charge in [-0.15, -0.1) is 0 Å². The van der Waals surface area contributed by atoms with Crippen LogP contribution in [0.3, 0.4) is 0 Å². The van der Waals surface area contributed by atoms with Gasteiger partial charge in [-0.25, -0.2) is 9.59 Å². The number of aromatic nitrogens is 3. The van der Waals surface area contributed by atoms with E-state index in [-0.39, 0.29) is 17.2 Å². The number of carboxylic acids is 2. The number of aliphatic carboxylic acids is 2. The number of nitrogens with one attached hydrogen (secondary N) is 2.